The number of rotatable bonds is 5. The molecule has 0 radical (unpaired) electrons. The summed E-state index contributed by atoms with van der Waals surface area (Å²) in [4.78, 5) is 23.7. The van der Waals surface area contributed by atoms with E-state index in [0.717, 1.165) is 17.8 Å². The Bertz CT molecular complexity index is 1190. The highest BCUT2D eigenvalue weighted by molar-refractivity contribution is 5.78. The van der Waals surface area contributed by atoms with E-state index in [-0.39, 0.29) is 17.8 Å². The maximum Gasteiger partial charge on any atom is 0.433 e. The minimum absolute atomic E-state index is 0.0166. The van der Waals surface area contributed by atoms with E-state index in [0.29, 0.717) is 42.8 Å². The van der Waals surface area contributed by atoms with Gasteiger partial charge in [0.25, 0.3) is 0 Å². The molecule has 1 saturated carbocycles. The van der Waals surface area contributed by atoms with Crippen LogP contribution in [0.25, 0.3) is 5.69 Å². The van der Waals surface area contributed by atoms with Crippen LogP contribution in [0.2, 0.25) is 0 Å². The molecule has 1 aliphatic carbocycles. The molecule has 0 unspecified atom stereocenters. The zero-order valence-corrected chi connectivity index (χ0v) is 18.7. The first-order chi connectivity index (χ1) is 16.1. The molecule has 1 aliphatic rings. The third-order valence-corrected chi connectivity index (χ3v) is 6.05. The van der Waals surface area contributed by atoms with Crippen molar-refractivity contribution in [3.63, 3.8) is 0 Å². The molecule has 4 rings (SSSR count). The molecule has 3 N–H and O–H groups in total. The number of nitrogens with zero attached hydrogens (tertiary/aromatic N) is 4. The van der Waals surface area contributed by atoms with Crippen LogP contribution in [0.1, 0.15) is 42.6 Å². The minimum Gasteiger partial charge on any atom is -0.383 e. The predicted molar refractivity (Wildman–Crippen MR) is 119 cm³/mol. The van der Waals surface area contributed by atoms with Crippen LogP contribution in [0.3, 0.4) is 0 Å². The second kappa shape index (κ2) is 9.05. The Hall–Kier alpha value is -3.47. The SMILES string of the molecule is CNC(=O)[C@H]1CC[C@](O)(c2cn(-c3cc(C)cc(Nc4nccc(C(F)(F)F)n4)c3)cn2)CC1. The number of imidazole rings is 1. The lowest BCUT2D eigenvalue weighted by molar-refractivity contribution is -0.141. The molecule has 0 bridgehead atoms. The lowest BCUT2D eigenvalue weighted by Gasteiger charge is -2.34. The number of halogens is 3. The molecule has 0 saturated heterocycles. The Morgan fingerprint density at radius 3 is 2.62 bits per heavy atom. The highest BCUT2D eigenvalue weighted by atomic mass is 19.4. The van der Waals surface area contributed by atoms with Crippen molar-refractivity contribution in [3.8, 4) is 5.69 Å². The number of aromatic nitrogens is 4. The molecule has 1 amide bonds. The number of nitrogens with one attached hydrogen (secondary N) is 2. The number of carbonyl (C=O) groups is 1. The van der Waals surface area contributed by atoms with Crippen molar-refractivity contribution in [3.05, 3.63) is 59.9 Å². The molecule has 2 heterocycles. The van der Waals surface area contributed by atoms with Gasteiger partial charge in [0.15, 0.2) is 0 Å². The van der Waals surface area contributed by atoms with Gasteiger partial charge < -0.3 is 20.3 Å². The van der Waals surface area contributed by atoms with Crippen LogP contribution in [-0.2, 0) is 16.6 Å². The summed E-state index contributed by atoms with van der Waals surface area (Å²) in [6.07, 6.45) is 1.79. The first-order valence-corrected chi connectivity index (χ1v) is 10.9. The van der Waals surface area contributed by atoms with Crippen LogP contribution in [0.4, 0.5) is 24.8 Å². The summed E-state index contributed by atoms with van der Waals surface area (Å²) in [6, 6.07) is 6.19. The summed E-state index contributed by atoms with van der Waals surface area (Å²) >= 11 is 0. The third kappa shape index (κ3) is 5.04. The third-order valence-electron chi connectivity index (χ3n) is 6.05. The smallest absolute Gasteiger partial charge is 0.383 e. The number of aliphatic hydroxyl groups is 1. The number of hydrogen-bond donors (Lipinski definition) is 3. The second-order valence-corrected chi connectivity index (χ2v) is 8.53. The predicted octanol–water partition coefficient (Wildman–Crippen LogP) is 3.86. The molecule has 0 aliphatic heterocycles. The van der Waals surface area contributed by atoms with Crippen molar-refractivity contribution in [1.29, 1.82) is 0 Å². The molecular formula is C23H25F3N6O2. The van der Waals surface area contributed by atoms with Crippen molar-refractivity contribution < 1.29 is 23.1 Å². The molecule has 1 fully saturated rings. The van der Waals surface area contributed by atoms with Crippen LogP contribution in [0.5, 0.6) is 0 Å². The van der Waals surface area contributed by atoms with E-state index < -0.39 is 17.5 Å². The van der Waals surface area contributed by atoms with Gasteiger partial charge in [0, 0.05) is 36.7 Å². The van der Waals surface area contributed by atoms with Crippen molar-refractivity contribution in [1.82, 2.24) is 24.8 Å². The summed E-state index contributed by atoms with van der Waals surface area (Å²) in [5.74, 6) is -0.298. The maximum atomic E-state index is 13.0. The largest absolute Gasteiger partial charge is 0.433 e. The van der Waals surface area contributed by atoms with E-state index in [9.17, 15) is 23.1 Å². The zero-order valence-electron chi connectivity index (χ0n) is 18.7. The van der Waals surface area contributed by atoms with E-state index in [1.807, 2.05) is 13.0 Å². The number of aryl methyl sites for hydroxylation is 1. The Labute approximate surface area is 194 Å². The van der Waals surface area contributed by atoms with Gasteiger partial charge in [-0.05, 0) is 62.4 Å². The summed E-state index contributed by atoms with van der Waals surface area (Å²) in [5, 5.41) is 16.6. The Morgan fingerprint density at radius 2 is 1.94 bits per heavy atom. The van der Waals surface area contributed by atoms with E-state index >= 15 is 0 Å². The van der Waals surface area contributed by atoms with Crippen LogP contribution in [-0.4, -0.2) is 37.6 Å². The van der Waals surface area contributed by atoms with Crippen molar-refractivity contribution in [2.24, 2.45) is 5.92 Å². The lowest BCUT2D eigenvalue weighted by atomic mass is 9.77. The number of benzene rings is 1. The standard InChI is InChI=1S/C23H25F3N6O2/c1-14-9-16(30-21-28-8-5-18(31-21)23(24,25)26)11-17(10-14)32-12-19(29-13-32)22(34)6-3-15(4-7-22)20(33)27-2/h5,8-13,15,34H,3-4,6-7H2,1-2H3,(H,27,33)(H,28,30,31)/t15-,22+. The second-order valence-electron chi connectivity index (χ2n) is 8.53. The van der Waals surface area contributed by atoms with Gasteiger partial charge in [0.1, 0.15) is 11.3 Å². The fourth-order valence-electron chi connectivity index (χ4n) is 4.21. The first kappa shape index (κ1) is 23.7. The van der Waals surface area contributed by atoms with E-state index in [1.165, 1.54) is 0 Å². The van der Waals surface area contributed by atoms with Crippen molar-refractivity contribution in [2.45, 2.75) is 44.4 Å². The van der Waals surface area contributed by atoms with Crippen molar-refractivity contribution >= 4 is 17.5 Å². The van der Waals surface area contributed by atoms with Crippen LogP contribution < -0.4 is 10.6 Å². The van der Waals surface area contributed by atoms with Crippen molar-refractivity contribution in [2.75, 3.05) is 12.4 Å². The summed E-state index contributed by atoms with van der Waals surface area (Å²) in [6.45, 7) is 1.85. The van der Waals surface area contributed by atoms with Gasteiger partial charge in [-0.3, -0.25) is 4.79 Å². The van der Waals surface area contributed by atoms with Gasteiger partial charge in [-0.1, -0.05) is 0 Å². The molecule has 11 heteroatoms. The van der Waals surface area contributed by atoms with E-state index in [1.54, 1.807) is 36.3 Å². The number of amides is 1. The maximum absolute atomic E-state index is 13.0. The number of carbonyl (C=O) groups excluding carboxylic acids is 1. The van der Waals surface area contributed by atoms with Crippen LogP contribution >= 0.6 is 0 Å². The number of hydrogen-bond acceptors (Lipinski definition) is 6. The quantitative estimate of drug-likeness (QED) is 0.519. The minimum atomic E-state index is -4.57. The monoisotopic (exact) mass is 474 g/mol. The molecule has 8 nitrogen and oxygen atoms in total. The molecule has 3 aromatic rings. The van der Waals surface area contributed by atoms with Gasteiger partial charge in [0.2, 0.25) is 11.9 Å². The molecule has 1 aromatic carbocycles. The zero-order chi connectivity index (χ0) is 24.5. The van der Waals surface area contributed by atoms with Gasteiger partial charge >= 0.3 is 6.18 Å². The van der Waals surface area contributed by atoms with E-state index in [4.69, 9.17) is 0 Å². The number of anilines is 2. The summed E-state index contributed by atoms with van der Waals surface area (Å²) in [5.41, 5.74) is 0.431. The highest BCUT2D eigenvalue weighted by Crippen LogP contribution is 2.39. The molecule has 2 aromatic heterocycles. The Balaban J connectivity index is 1.54. The number of alkyl halides is 3. The topological polar surface area (TPSA) is 105 Å². The molecule has 34 heavy (non-hydrogen) atoms. The fourth-order valence-corrected chi connectivity index (χ4v) is 4.21. The molecule has 0 spiro atoms. The highest BCUT2D eigenvalue weighted by Gasteiger charge is 2.38. The van der Waals surface area contributed by atoms with E-state index in [2.05, 4.69) is 25.6 Å². The summed E-state index contributed by atoms with van der Waals surface area (Å²) in [7, 11) is 1.61. The van der Waals surface area contributed by atoms with Gasteiger partial charge in [-0.25, -0.2) is 15.0 Å². The lowest BCUT2D eigenvalue weighted by Crippen LogP contribution is -2.37. The molecular weight excluding hydrogens is 449 g/mol. The Morgan fingerprint density at radius 1 is 1.21 bits per heavy atom. The van der Waals surface area contributed by atoms with Gasteiger partial charge in [-0.15, -0.1) is 0 Å². The fraction of sp³-hybridized carbons (Fsp3) is 0.391. The van der Waals surface area contributed by atoms with Crippen LogP contribution in [0.15, 0.2) is 43.0 Å². The average molecular weight is 474 g/mol. The first-order valence-electron chi connectivity index (χ1n) is 10.9. The van der Waals surface area contributed by atoms with Gasteiger partial charge in [-0.2, -0.15) is 13.2 Å². The van der Waals surface area contributed by atoms with Crippen LogP contribution in [0, 0.1) is 12.8 Å². The normalized spacial score (nSPS) is 20.7. The average Bonchev–Trinajstić information content (AvgIpc) is 3.30. The van der Waals surface area contributed by atoms with Gasteiger partial charge in [0.05, 0.1) is 12.0 Å². The molecule has 0 atom stereocenters. The summed E-state index contributed by atoms with van der Waals surface area (Å²) < 4.78 is 40.6. The Kier molecular flexibility index (Phi) is 6.30. The molecule has 180 valence electrons.